The number of rotatable bonds is 6. The highest BCUT2D eigenvalue weighted by molar-refractivity contribution is 5.43. The number of benzene rings is 1. The molecule has 0 fully saturated rings. The summed E-state index contributed by atoms with van der Waals surface area (Å²) >= 11 is 0. The number of methoxy groups -OCH3 is 2. The van der Waals surface area contributed by atoms with Crippen molar-refractivity contribution >= 4 is 0 Å². The van der Waals surface area contributed by atoms with E-state index in [1.165, 1.54) is 0 Å². The molecule has 0 spiro atoms. The van der Waals surface area contributed by atoms with Crippen molar-refractivity contribution in [2.75, 3.05) is 20.8 Å². The third kappa shape index (κ3) is 3.06. The average Bonchev–Trinajstić information content (AvgIpc) is 2.94. The van der Waals surface area contributed by atoms with Crippen LogP contribution in [0.15, 0.2) is 22.7 Å². The van der Waals surface area contributed by atoms with Gasteiger partial charge in [-0.15, -0.1) is 0 Å². The largest absolute Gasteiger partial charge is 0.493 e. The van der Waals surface area contributed by atoms with E-state index in [9.17, 15) is 0 Å². The summed E-state index contributed by atoms with van der Waals surface area (Å²) in [6.07, 6.45) is 0.474. The smallest absolute Gasteiger partial charge is 0.245 e. The Morgan fingerprint density at radius 2 is 2.05 bits per heavy atom. The fourth-order valence-electron chi connectivity index (χ4n) is 1.74. The Bertz CT molecular complexity index is 570. The molecule has 108 valence electrons. The summed E-state index contributed by atoms with van der Waals surface area (Å²) in [5, 5.41) is 12.8. The molecule has 7 heteroatoms. The maximum Gasteiger partial charge on any atom is 0.245 e. The normalized spacial score (nSPS) is 12.2. The Morgan fingerprint density at radius 3 is 2.70 bits per heavy atom. The molecule has 1 atom stereocenters. The highest BCUT2D eigenvalue weighted by Crippen LogP contribution is 2.28. The fraction of sp³-hybridized carbons (Fsp3) is 0.385. The lowest BCUT2D eigenvalue weighted by atomic mass is 10.1. The third-order valence-electron chi connectivity index (χ3n) is 2.81. The van der Waals surface area contributed by atoms with Gasteiger partial charge >= 0.3 is 0 Å². The molecule has 0 saturated carbocycles. The van der Waals surface area contributed by atoms with Gasteiger partial charge in [-0.05, 0) is 17.7 Å². The quantitative estimate of drug-likeness (QED) is 0.800. The lowest BCUT2D eigenvalue weighted by Gasteiger charge is -2.08. The topological polar surface area (TPSA) is 104 Å². The monoisotopic (exact) mass is 279 g/mol. The first-order valence-electron chi connectivity index (χ1n) is 6.07. The number of aliphatic hydroxyl groups is 1. The van der Waals surface area contributed by atoms with Crippen molar-refractivity contribution in [1.29, 1.82) is 0 Å². The minimum atomic E-state index is -0.651. The van der Waals surface area contributed by atoms with Crippen molar-refractivity contribution in [3.05, 3.63) is 35.5 Å². The number of ether oxygens (including phenoxy) is 2. The van der Waals surface area contributed by atoms with Crippen molar-refractivity contribution in [1.82, 2.24) is 10.1 Å². The van der Waals surface area contributed by atoms with Crippen LogP contribution in [0.3, 0.4) is 0 Å². The molecule has 0 aliphatic rings. The Kier molecular flexibility index (Phi) is 4.54. The minimum Gasteiger partial charge on any atom is -0.493 e. The van der Waals surface area contributed by atoms with E-state index in [0.29, 0.717) is 23.7 Å². The van der Waals surface area contributed by atoms with Crippen LogP contribution in [-0.4, -0.2) is 36.1 Å². The number of hydrogen-bond acceptors (Lipinski definition) is 7. The highest BCUT2D eigenvalue weighted by Gasteiger charge is 2.14. The van der Waals surface area contributed by atoms with Crippen LogP contribution in [0.25, 0.3) is 0 Å². The van der Waals surface area contributed by atoms with E-state index < -0.39 is 6.04 Å². The number of aromatic nitrogens is 2. The summed E-state index contributed by atoms with van der Waals surface area (Å²) in [6.45, 7) is -0.238. The van der Waals surface area contributed by atoms with Crippen molar-refractivity contribution < 1.29 is 19.1 Å². The molecule has 2 aromatic rings. The van der Waals surface area contributed by atoms with Crippen molar-refractivity contribution in [3.8, 4) is 11.5 Å². The molecule has 1 aromatic heterocycles. The van der Waals surface area contributed by atoms with Gasteiger partial charge in [-0.1, -0.05) is 11.2 Å². The lowest BCUT2D eigenvalue weighted by molar-refractivity contribution is 0.236. The second-order valence-corrected chi connectivity index (χ2v) is 4.20. The lowest BCUT2D eigenvalue weighted by Crippen LogP contribution is -2.14. The molecular formula is C13H17N3O4. The molecule has 20 heavy (non-hydrogen) atoms. The number of nitrogens with two attached hydrogens (primary N) is 1. The van der Waals surface area contributed by atoms with Gasteiger partial charge in [0.1, 0.15) is 6.04 Å². The molecular weight excluding hydrogens is 262 g/mol. The van der Waals surface area contributed by atoms with E-state index in [0.717, 1.165) is 5.56 Å². The van der Waals surface area contributed by atoms with E-state index in [-0.39, 0.29) is 12.5 Å². The molecule has 0 saturated heterocycles. The Hall–Kier alpha value is -2.12. The van der Waals surface area contributed by atoms with Crippen LogP contribution in [0, 0.1) is 0 Å². The standard InChI is InChI=1S/C13H17N3O4/c1-18-10-4-3-8(5-11(10)19-2)6-12-15-13(20-16-12)9(14)7-17/h3-5,9,17H,6-7,14H2,1-2H3/t9-/m0/s1. The Labute approximate surface area is 116 Å². The van der Waals surface area contributed by atoms with Gasteiger partial charge in [0.2, 0.25) is 5.89 Å². The summed E-state index contributed by atoms with van der Waals surface area (Å²) < 4.78 is 15.4. The first-order valence-corrected chi connectivity index (χ1v) is 6.07. The molecule has 1 aromatic carbocycles. The van der Waals surface area contributed by atoms with Gasteiger partial charge in [0, 0.05) is 6.42 Å². The predicted octanol–water partition coefficient (Wildman–Crippen LogP) is 0.670. The molecule has 0 bridgehead atoms. The minimum absolute atomic E-state index is 0.225. The van der Waals surface area contributed by atoms with E-state index in [4.69, 9.17) is 24.8 Å². The van der Waals surface area contributed by atoms with Crippen LogP contribution in [0.4, 0.5) is 0 Å². The maximum atomic E-state index is 8.93. The van der Waals surface area contributed by atoms with Crippen LogP contribution in [0.1, 0.15) is 23.3 Å². The van der Waals surface area contributed by atoms with E-state index >= 15 is 0 Å². The summed E-state index contributed by atoms with van der Waals surface area (Å²) in [7, 11) is 3.16. The van der Waals surface area contributed by atoms with Crippen molar-refractivity contribution in [2.45, 2.75) is 12.5 Å². The van der Waals surface area contributed by atoms with Crippen LogP contribution in [0.5, 0.6) is 11.5 Å². The molecule has 7 nitrogen and oxygen atoms in total. The number of nitrogens with zero attached hydrogens (tertiary/aromatic N) is 2. The molecule has 2 rings (SSSR count). The summed E-state index contributed by atoms with van der Waals surface area (Å²) in [5.74, 6) is 2.02. The van der Waals surface area contributed by atoms with Gasteiger partial charge in [-0.25, -0.2) is 0 Å². The molecule has 3 N–H and O–H groups in total. The second-order valence-electron chi connectivity index (χ2n) is 4.20. The fourth-order valence-corrected chi connectivity index (χ4v) is 1.74. The zero-order chi connectivity index (χ0) is 14.5. The van der Waals surface area contributed by atoms with Crippen molar-refractivity contribution in [3.63, 3.8) is 0 Å². The van der Waals surface area contributed by atoms with E-state index in [1.54, 1.807) is 14.2 Å². The number of aliphatic hydroxyl groups excluding tert-OH is 1. The average molecular weight is 279 g/mol. The molecule has 0 aliphatic heterocycles. The van der Waals surface area contributed by atoms with Gasteiger partial charge < -0.3 is 24.8 Å². The van der Waals surface area contributed by atoms with Crippen LogP contribution >= 0.6 is 0 Å². The van der Waals surface area contributed by atoms with Crippen LogP contribution in [-0.2, 0) is 6.42 Å². The zero-order valence-corrected chi connectivity index (χ0v) is 11.4. The van der Waals surface area contributed by atoms with Gasteiger partial charge in [-0.2, -0.15) is 4.98 Å². The van der Waals surface area contributed by atoms with Gasteiger partial charge in [-0.3, -0.25) is 0 Å². The van der Waals surface area contributed by atoms with Crippen LogP contribution < -0.4 is 15.2 Å². The molecule has 1 heterocycles. The third-order valence-corrected chi connectivity index (χ3v) is 2.81. The molecule has 0 amide bonds. The van der Waals surface area contributed by atoms with E-state index in [1.807, 2.05) is 18.2 Å². The van der Waals surface area contributed by atoms with Gasteiger partial charge in [0.25, 0.3) is 0 Å². The van der Waals surface area contributed by atoms with Gasteiger partial charge in [0.15, 0.2) is 17.3 Å². The summed E-state index contributed by atoms with van der Waals surface area (Å²) in [4.78, 5) is 4.14. The highest BCUT2D eigenvalue weighted by atomic mass is 16.5. The Balaban J connectivity index is 2.15. The maximum absolute atomic E-state index is 8.93. The second kappa shape index (κ2) is 6.36. The van der Waals surface area contributed by atoms with E-state index in [2.05, 4.69) is 10.1 Å². The Morgan fingerprint density at radius 1 is 1.30 bits per heavy atom. The number of hydrogen-bond donors (Lipinski definition) is 2. The SMILES string of the molecule is COc1ccc(Cc2noc([C@@H](N)CO)n2)cc1OC. The first-order chi connectivity index (χ1) is 9.67. The first kappa shape index (κ1) is 14.3. The molecule has 0 aliphatic carbocycles. The van der Waals surface area contributed by atoms with Crippen molar-refractivity contribution in [2.24, 2.45) is 5.73 Å². The summed E-state index contributed by atoms with van der Waals surface area (Å²) in [6, 6.07) is 4.90. The summed E-state index contributed by atoms with van der Waals surface area (Å²) in [5.41, 5.74) is 6.55. The molecule has 0 radical (unpaired) electrons. The zero-order valence-electron chi connectivity index (χ0n) is 11.4. The van der Waals surface area contributed by atoms with Gasteiger partial charge in [0.05, 0.1) is 20.8 Å². The molecule has 0 unspecified atom stereocenters. The predicted molar refractivity (Wildman–Crippen MR) is 70.7 cm³/mol. The van der Waals surface area contributed by atoms with Crippen LogP contribution in [0.2, 0.25) is 0 Å².